The first kappa shape index (κ1) is 18.2. The average Bonchev–Trinajstić information content (AvgIpc) is 3.42. The van der Waals surface area contributed by atoms with Crippen LogP contribution in [0.2, 0.25) is 0 Å². The molecule has 30 heavy (non-hydrogen) atoms. The predicted molar refractivity (Wildman–Crippen MR) is 106 cm³/mol. The van der Waals surface area contributed by atoms with Crippen molar-refractivity contribution < 1.29 is 13.9 Å². The zero-order valence-electron chi connectivity index (χ0n) is 15.6. The summed E-state index contributed by atoms with van der Waals surface area (Å²) in [5.41, 5.74) is 1.85. The summed E-state index contributed by atoms with van der Waals surface area (Å²) in [5.74, 6) is -0.201. The monoisotopic (exact) mass is 419 g/mol. The van der Waals surface area contributed by atoms with Crippen LogP contribution in [0.4, 0.5) is 0 Å². The minimum absolute atomic E-state index is 0.0486. The van der Waals surface area contributed by atoms with Crippen molar-refractivity contribution in [2.75, 3.05) is 6.61 Å². The van der Waals surface area contributed by atoms with E-state index in [2.05, 4.69) is 30.5 Å². The van der Waals surface area contributed by atoms with Gasteiger partial charge in [0.15, 0.2) is 5.65 Å². The van der Waals surface area contributed by atoms with Crippen LogP contribution in [-0.2, 0) is 4.74 Å². The molecule has 4 heterocycles. The van der Waals surface area contributed by atoms with Crippen molar-refractivity contribution >= 4 is 34.3 Å². The minimum atomic E-state index is -0.580. The Morgan fingerprint density at radius 1 is 1.13 bits per heavy atom. The molecule has 5 rings (SSSR count). The fraction of sp³-hybridized carbons (Fsp3) is 0.105. The lowest BCUT2D eigenvalue weighted by Crippen LogP contribution is -2.06. The van der Waals surface area contributed by atoms with Crippen LogP contribution >= 0.6 is 11.8 Å². The topological polar surface area (TPSA) is 121 Å². The fourth-order valence-electron chi connectivity index (χ4n) is 2.89. The van der Waals surface area contributed by atoms with E-state index in [9.17, 15) is 4.79 Å². The number of para-hydroxylation sites is 1. The van der Waals surface area contributed by atoms with Crippen LogP contribution in [0.25, 0.3) is 28.0 Å². The molecule has 0 aliphatic heterocycles. The van der Waals surface area contributed by atoms with Crippen molar-refractivity contribution in [3.8, 4) is 11.5 Å². The molecule has 0 bridgehead atoms. The first-order valence-electron chi connectivity index (χ1n) is 8.97. The molecule has 0 spiro atoms. The number of esters is 1. The van der Waals surface area contributed by atoms with Gasteiger partial charge in [0.1, 0.15) is 5.03 Å². The zero-order valence-corrected chi connectivity index (χ0v) is 16.4. The summed E-state index contributed by atoms with van der Waals surface area (Å²) in [6.07, 6.45) is 3.30. The van der Waals surface area contributed by atoms with E-state index in [0.717, 1.165) is 16.5 Å². The molecular weight excluding hydrogens is 406 g/mol. The first-order valence-corrected chi connectivity index (χ1v) is 9.79. The Kier molecular flexibility index (Phi) is 4.56. The molecule has 0 N–H and O–H groups in total. The maximum Gasteiger partial charge on any atom is 0.362 e. The lowest BCUT2D eigenvalue weighted by Gasteiger charge is -2.05. The van der Waals surface area contributed by atoms with Gasteiger partial charge in [0.25, 0.3) is 5.22 Å². The highest BCUT2D eigenvalue weighted by Gasteiger charge is 2.22. The number of fused-ring (bicyclic) bond motifs is 3. The van der Waals surface area contributed by atoms with E-state index in [1.165, 1.54) is 16.3 Å². The highest BCUT2D eigenvalue weighted by atomic mass is 32.2. The van der Waals surface area contributed by atoms with Crippen molar-refractivity contribution in [1.82, 2.24) is 35.0 Å². The fourth-order valence-corrected chi connectivity index (χ4v) is 3.67. The molecular formula is C19H13N7O3S. The van der Waals surface area contributed by atoms with Gasteiger partial charge in [-0.05, 0) is 36.9 Å². The molecule has 0 aliphatic rings. The van der Waals surface area contributed by atoms with Crippen LogP contribution in [0.3, 0.4) is 0 Å². The van der Waals surface area contributed by atoms with Gasteiger partial charge in [-0.1, -0.05) is 23.4 Å². The number of rotatable bonds is 5. The van der Waals surface area contributed by atoms with Crippen LogP contribution in [-0.4, -0.2) is 47.6 Å². The Balaban J connectivity index is 1.60. The summed E-state index contributed by atoms with van der Waals surface area (Å²) in [7, 11) is 0. The number of hydrogen-bond donors (Lipinski definition) is 0. The minimum Gasteiger partial charge on any atom is -0.461 e. The molecule has 1 aromatic carbocycles. The van der Waals surface area contributed by atoms with E-state index >= 15 is 0 Å². The molecule has 0 unspecified atom stereocenters. The zero-order chi connectivity index (χ0) is 20.5. The van der Waals surface area contributed by atoms with Gasteiger partial charge in [-0.25, -0.2) is 9.78 Å². The lowest BCUT2D eigenvalue weighted by molar-refractivity contribution is 0.0521. The highest BCUT2D eigenvalue weighted by Crippen LogP contribution is 2.33. The van der Waals surface area contributed by atoms with Gasteiger partial charge < -0.3 is 9.15 Å². The van der Waals surface area contributed by atoms with E-state index in [1.54, 1.807) is 31.5 Å². The summed E-state index contributed by atoms with van der Waals surface area (Å²) in [6.45, 7) is 1.95. The molecule has 4 aromatic heterocycles. The number of aromatic nitrogens is 7. The van der Waals surface area contributed by atoms with Crippen molar-refractivity contribution in [2.24, 2.45) is 0 Å². The summed E-state index contributed by atoms with van der Waals surface area (Å²) < 4.78 is 12.4. The normalized spacial score (nSPS) is 11.2. The van der Waals surface area contributed by atoms with E-state index in [-0.39, 0.29) is 12.3 Å². The van der Waals surface area contributed by atoms with Crippen LogP contribution < -0.4 is 0 Å². The Bertz CT molecular complexity index is 1370. The molecule has 5 aromatic rings. The van der Waals surface area contributed by atoms with Gasteiger partial charge in [0, 0.05) is 23.3 Å². The summed E-state index contributed by atoms with van der Waals surface area (Å²) in [6, 6.07) is 11.1. The highest BCUT2D eigenvalue weighted by molar-refractivity contribution is 7.99. The predicted octanol–water partition coefficient (Wildman–Crippen LogP) is 3.05. The third-order valence-electron chi connectivity index (χ3n) is 4.20. The van der Waals surface area contributed by atoms with Crippen LogP contribution in [0, 0.1) is 0 Å². The molecule has 0 aliphatic carbocycles. The number of carbonyl (C=O) groups is 1. The summed E-state index contributed by atoms with van der Waals surface area (Å²) >= 11 is 1.20. The summed E-state index contributed by atoms with van der Waals surface area (Å²) in [5, 5.41) is 17.9. The van der Waals surface area contributed by atoms with Gasteiger partial charge in [0.05, 0.1) is 12.1 Å². The Hall–Kier alpha value is -3.86. The Morgan fingerprint density at radius 3 is 2.80 bits per heavy atom. The Morgan fingerprint density at radius 2 is 1.97 bits per heavy atom. The van der Waals surface area contributed by atoms with Gasteiger partial charge in [-0.2, -0.15) is 4.52 Å². The SMILES string of the molecule is CCOC(=O)c1nnn2c1nc(Sc1nnc(-c3ccncc3)o1)c1ccccc12. The molecule has 11 heteroatoms. The van der Waals surface area contributed by atoms with E-state index < -0.39 is 5.97 Å². The molecule has 0 amide bonds. The lowest BCUT2D eigenvalue weighted by atomic mass is 10.2. The number of pyridine rings is 1. The number of hydrogen-bond acceptors (Lipinski definition) is 10. The second-order valence-electron chi connectivity index (χ2n) is 6.04. The quantitative estimate of drug-likeness (QED) is 0.310. The maximum absolute atomic E-state index is 12.3. The smallest absolute Gasteiger partial charge is 0.362 e. The number of nitrogens with zero attached hydrogens (tertiary/aromatic N) is 7. The van der Waals surface area contributed by atoms with Gasteiger partial charge >= 0.3 is 5.97 Å². The molecule has 0 saturated heterocycles. The number of carbonyl (C=O) groups excluding carboxylic acids is 1. The van der Waals surface area contributed by atoms with Crippen LogP contribution in [0.1, 0.15) is 17.4 Å². The molecule has 0 saturated carbocycles. The number of benzene rings is 1. The number of ether oxygens (including phenoxy) is 1. The molecule has 0 radical (unpaired) electrons. The molecule has 0 fully saturated rings. The van der Waals surface area contributed by atoms with E-state index in [1.807, 2.05) is 24.3 Å². The second kappa shape index (κ2) is 7.52. The second-order valence-corrected chi connectivity index (χ2v) is 6.98. The van der Waals surface area contributed by atoms with Gasteiger partial charge in [0.2, 0.25) is 11.6 Å². The first-order chi connectivity index (χ1) is 14.7. The van der Waals surface area contributed by atoms with Crippen molar-refractivity contribution in [1.29, 1.82) is 0 Å². The van der Waals surface area contributed by atoms with Gasteiger partial charge in [-0.15, -0.1) is 15.3 Å². The van der Waals surface area contributed by atoms with Crippen molar-refractivity contribution in [2.45, 2.75) is 17.2 Å². The van der Waals surface area contributed by atoms with E-state index in [0.29, 0.717) is 21.8 Å². The Labute approximate surface area is 173 Å². The summed E-state index contributed by atoms with van der Waals surface area (Å²) in [4.78, 5) is 20.8. The van der Waals surface area contributed by atoms with E-state index in [4.69, 9.17) is 9.15 Å². The largest absolute Gasteiger partial charge is 0.461 e. The van der Waals surface area contributed by atoms with Crippen LogP contribution in [0.15, 0.2) is 63.5 Å². The van der Waals surface area contributed by atoms with Gasteiger partial charge in [-0.3, -0.25) is 4.98 Å². The van der Waals surface area contributed by atoms with Crippen molar-refractivity contribution in [3.63, 3.8) is 0 Å². The molecule has 10 nitrogen and oxygen atoms in total. The third-order valence-corrected chi connectivity index (χ3v) is 5.05. The maximum atomic E-state index is 12.3. The molecule has 0 atom stereocenters. The van der Waals surface area contributed by atoms with Crippen molar-refractivity contribution in [3.05, 3.63) is 54.5 Å². The average molecular weight is 419 g/mol. The van der Waals surface area contributed by atoms with Crippen LogP contribution in [0.5, 0.6) is 0 Å². The third kappa shape index (κ3) is 3.14. The standard InChI is InChI=1S/C19H13N7O3S/c1-2-28-18(27)14-15-21-17(12-5-3-4-6-13(12)26(15)25-22-14)30-19-24-23-16(29-19)11-7-9-20-10-8-11/h3-10H,2H2,1H3. The molecule has 148 valence electrons.